The smallest absolute Gasteiger partial charge is 0.256 e. The molecule has 0 bridgehead atoms. The molecule has 0 fully saturated rings. The van der Waals surface area contributed by atoms with Gasteiger partial charge >= 0.3 is 0 Å². The van der Waals surface area contributed by atoms with E-state index in [4.69, 9.17) is 4.52 Å². The summed E-state index contributed by atoms with van der Waals surface area (Å²) in [6, 6.07) is 20.4. The molecular formula is C24H18N4O2S. The Morgan fingerprint density at radius 3 is 2.74 bits per heavy atom. The van der Waals surface area contributed by atoms with Gasteiger partial charge in [-0.2, -0.15) is 4.98 Å². The van der Waals surface area contributed by atoms with Gasteiger partial charge < -0.3 is 9.84 Å². The Bertz CT molecular complexity index is 1260. The fourth-order valence-corrected chi connectivity index (χ4v) is 3.66. The quantitative estimate of drug-likeness (QED) is 0.367. The minimum atomic E-state index is -0.192. The van der Waals surface area contributed by atoms with Gasteiger partial charge in [0.1, 0.15) is 5.69 Å². The number of pyridine rings is 1. The number of nitrogens with zero attached hydrogens (tertiary/aromatic N) is 3. The Balaban J connectivity index is 1.47. The fourth-order valence-electron chi connectivity index (χ4n) is 2.77. The van der Waals surface area contributed by atoms with Crippen LogP contribution < -0.4 is 5.32 Å². The maximum Gasteiger partial charge on any atom is 0.256 e. The molecule has 4 aromatic rings. The average Bonchev–Trinajstić information content (AvgIpc) is 3.22. The molecule has 1 N–H and O–H groups in total. The van der Waals surface area contributed by atoms with E-state index in [9.17, 15) is 4.79 Å². The Hall–Kier alpha value is -3.89. The third-order valence-electron chi connectivity index (χ3n) is 4.18. The minimum absolute atomic E-state index is 0.192. The number of anilines is 1. The number of aromatic nitrogens is 3. The summed E-state index contributed by atoms with van der Waals surface area (Å²) in [7, 11) is 0. The van der Waals surface area contributed by atoms with E-state index in [1.165, 1.54) is 11.8 Å². The second-order valence-electron chi connectivity index (χ2n) is 6.51. The molecule has 0 spiro atoms. The molecule has 4 rings (SSSR count). The molecule has 0 saturated carbocycles. The van der Waals surface area contributed by atoms with Crippen molar-refractivity contribution in [3.05, 3.63) is 101 Å². The summed E-state index contributed by atoms with van der Waals surface area (Å²) in [5, 5.41) is 6.85. The maximum absolute atomic E-state index is 12.9. The highest BCUT2D eigenvalue weighted by Crippen LogP contribution is 2.26. The molecule has 0 unspecified atom stereocenters. The number of thioether (sulfide) groups is 1. The van der Waals surface area contributed by atoms with Crippen molar-refractivity contribution < 1.29 is 9.32 Å². The molecule has 1 amide bonds. The molecule has 0 radical (unpaired) electrons. The molecule has 0 aliphatic carbocycles. The summed E-state index contributed by atoms with van der Waals surface area (Å²) < 4.78 is 5.00. The van der Waals surface area contributed by atoms with Gasteiger partial charge in [0.05, 0.1) is 11.3 Å². The van der Waals surface area contributed by atoms with Crippen molar-refractivity contribution in [1.82, 2.24) is 15.1 Å². The van der Waals surface area contributed by atoms with E-state index in [1.54, 1.807) is 19.2 Å². The maximum atomic E-state index is 12.9. The van der Waals surface area contributed by atoms with Crippen LogP contribution in [0.25, 0.3) is 0 Å². The van der Waals surface area contributed by atoms with Gasteiger partial charge in [0, 0.05) is 29.3 Å². The Morgan fingerprint density at radius 2 is 1.94 bits per heavy atom. The number of hydrogen-bond acceptors (Lipinski definition) is 6. The van der Waals surface area contributed by atoms with E-state index in [0.717, 1.165) is 10.5 Å². The summed E-state index contributed by atoms with van der Waals surface area (Å²) in [6.45, 7) is 1.75. The second-order valence-corrected chi connectivity index (χ2v) is 7.53. The third kappa shape index (κ3) is 5.59. The van der Waals surface area contributed by atoms with Crippen molar-refractivity contribution >= 4 is 23.4 Å². The van der Waals surface area contributed by atoms with E-state index in [1.807, 2.05) is 60.7 Å². The van der Waals surface area contributed by atoms with Gasteiger partial charge in [0.15, 0.2) is 5.82 Å². The molecule has 31 heavy (non-hydrogen) atoms. The van der Waals surface area contributed by atoms with Gasteiger partial charge in [-0.25, -0.2) is 4.98 Å². The van der Waals surface area contributed by atoms with Crippen LogP contribution in [0.2, 0.25) is 0 Å². The van der Waals surface area contributed by atoms with E-state index < -0.39 is 0 Å². The Kier molecular flexibility index (Phi) is 6.41. The van der Waals surface area contributed by atoms with Gasteiger partial charge in [0.25, 0.3) is 5.91 Å². The fraction of sp³-hybridized carbons (Fsp3) is 0.0833. The van der Waals surface area contributed by atoms with Crippen LogP contribution >= 0.6 is 11.8 Å². The van der Waals surface area contributed by atoms with Crippen LogP contribution in [-0.4, -0.2) is 21.0 Å². The van der Waals surface area contributed by atoms with Gasteiger partial charge in [-0.1, -0.05) is 35.3 Å². The van der Waals surface area contributed by atoms with Gasteiger partial charge in [-0.15, -0.1) is 11.8 Å². The van der Waals surface area contributed by atoms with E-state index in [0.29, 0.717) is 34.4 Å². The molecule has 2 aromatic carbocycles. The number of carbonyl (C=O) groups is 1. The average molecular weight is 427 g/mol. The lowest BCUT2D eigenvalue weighted by Gasteiger charge is -2.09. The number of nitrogens with one attached hydrogen (secondary N) is 1. The van der Waals surface area contributed by atoms with Crippen LogP contribution in [0, 0.1) is 18.8 Å². The van der Waals surface area contributed by atoms with Crippen LogP contribution in [-0.2, 0) is 5.75 Å². The molecule has 6 nitrogen and oxygen atoms in total. The lowest BCUT2D eigenvalue weighted by molar-refractivity contribution is 0.102. The van der Waals surface area contributed by atoms with Crippen molar-refractivity contribution in [3.8, 4) is 11.8 Å². The molecule has 2 heterocycles. The highest BCUT2D eigenvalue weighted by atomic mass is 32.2. The summed E-state index contributed by atoms with van der Waals surface area (Å²) in [4.78, 5) is 22.2. The first kappa shape index (κ1) is 20.4. The number of rotatable bonds is 5. The summed E-state index contributed by atoms with van der Waals surface area (Å²) >= 11 is 1.49. The van der Waals surface area contributed by atoms with E-state index >= 15 is 0 Å². The predicted molar refractivity (Wildman–Crippen MR) is 120 cm³/mol. The number of carbonyl (C=O) groups excluding carboxylic acids is 1. The van der Waals surface area contributed by atoms with Gasteiger partial charge in [-0.3, -0.25) is 4.79 Å². The van der Waals surface area contributed by atoms with Crippen molar-refractivity contribution in [1.29, 1.82) is 0 Å². The third-order valence-corrected chi connectivity index (χ3v) is 5.25. The molecule has 0 saturated heterocycles. The van der Waals surface area contributed by atoms with Gasteiger partial charge in [-0.05, 0) is 48.4 Å². The first-order valence-corrected chi connectivity index (χ1v) is 10.5. The Morgan fingerprint density at radius 1 is 1.06 bits per heavy atom. The largest absolute Gasteiger partial charge is 0.340 e. The number of amides is 1. The molecule has 0 atom stereocenters. The monoisotopic (exact) mass is 426 g/mol. The van der Waals surface area contributed by atoms with Crippen LogP contribution in [0.4, 0.5) is 5.69 Å². The minimum Gasteiger partial charge on any atom is -0.340 e. The van der Waals surface area contributed by atoms with Crippen molar-refractivity contribution in [2.45, 2.75) is 17.6 Å². The van der Waals surface area contributed by atoms with Crippen LogP contribution in [0.3, 0.4) is 0 Å². The topological polar surface area (TPSA) is 80.9 Å². The zero-order chi connectivity index (χ0) is 21.5. The second kappa shape index (κ2) is 9.74. The molecular weight excluding hydrogens is 408 g/mol. The highest BCUT2D eigenvalue weighted by Gasteiger charge is 2.13. The molecule has 7 heteroatoms. The van der Waals surface area contributed by atoms with Crippen molar-refractivity contribution in [2.75, 3.05) is 5.32 Å². The molecule has 0 aliphatic heterocycles. The lowest BCUT2D eigenvalue weighted by atomic mass is 10.1. The summed E-state index contributed by atoms with van der Waals surface area (Å²) in [6.07, 6.45) is 1.70. The lowest BCUT2D eigenvalue weighted by Crippen LogP contribution is -2.13. The predicted octanol–water partition coefficient (Wildman–Crippen LogP) is 4.72. The number of hydrogen-bond donors (Lipinski definition) is 1. The zero-order valence-electron chi connectivity index (χ0n) is 16.7. The molecule has 2 aromatic heterocycles. The summed E-state index contributed by atoms with van der Waals surface area (Å²) in [5.74, 6) is 7.53. The zero-order valence-corrected chi connectivity index (χ0v) is 17.5. The molecule has 0 aliphatic rings. The Labute approximate surface area is 184 Å². The first-order valence-electron chi connectivity index (χ1n) is 9.53. The van der Waals surface area contributed by atoms with Crippen molar-refractivity contribution in [3.63, 3.8) is 0 Å². The number of aryl methyl sites for hydroxylation is 1. The molecule has 152 valence electrons. The standard InChI is InChI=1S/C24H18N4O2S/c1-17-26-23(28-30-17)16-31-22-11-3-2-10-21(22)24(29)27-20-9-6-7-18(15-20)12-13-19-8-4-5-14-25-19/h2-11,14-15H,16H2,1H3,(H,27,29). The summed E-state index contributed by atoms with van der Waals surface area (Å²) in [5.41, 5.74) is 2.74. The SMILES string of the molecule is Cc1nc(CSc2ccccc2C(=O)Nc2cccc(C#Cc3ccccn3)c2)no1. The van der Waals surface area contributed by atoms with E-state index in [2.05, 4.69) is 32.3 Å². The van der Waals surface area contributed by atoms with Crippen LogP contribution in [0.15, 0.2) is 82.3 Å². The highest BCUT2D eigenvalue weighted by molar-refractivity contribution is 7.98. The van der Waals surface area contributed by atoms with Crippen LogP contribution in [0.5, 0.6) is 0 Å². The normalized spacial score (nSPS) is 10.2. The number of benzene rings is 2. The van der Waals surface area contributed by atoms with Crippen LogP contribution in [0.1, 0.15) is 33.3 Å². The van der Waals surface area contributed by atoms with E-state index in [-0.39, 0.29) is 5.91 Å². The van der Waals surface area contributed by atoms with Gasteiger partial charge in [0.2, 0.25) is 5.89 Å². The van der Waals surface area contributed by atoms with Crippen molar-refractivity contribution in [2.24, 2.45) is 0 Å². The first-order chi connectivity index (χ1) is 15.2.